The third kappa shape index (κ3) is 5.44. The van der Waals surface area contributed by atoms with Gasteiger partial charge < -0.3 is 0 Å². The van der Waals surface area contributed by atoms with Crippen LogP contribution in [0.4, 0.5) is 0 Å². The number of carbonyl (C=O) groups is 1. The fraction of sp³-hybridized carbons (Fsp3) is 0.222. The van der Waals surface area contributed by atoms with E-state index in [1.165, 1.54) is 11.1 Å². The van der Waals surface area contributed by atoms with E-state index in [2.05, 4.69) is 44.0 Å². The van der Waals surface area contributed by atoms with E-state index in [0.29, 0.717) is 6.41 Å². The summed E-state index contributed by atoms with van der Waals surface area (Å²) in [7, 11) is 0. The molecule has 1 aromatic rings. The Morgan fingerprint density at radius 3 is 1.92 bits per heavy atom. The Hall–Kier alpha value is -1.35. The van der Waals surface area contributed by atoms with E-state index in [0.717, 1.165) is 0 Å². The second kappa shape index (κ2) is 6.37. The summed E-state index contributed by atoms with van der Waals surface area (Å²) in [4.78, 5) is 8.94. The molecule has 0 radical (unpaired) electrons. The molecule has 3 N–H and O–H groups in total. The van der Waals surface area contributed by atoms with Crippen LogP contribution in [0.25, 0.3) is 0 Å². The maximum Gasteiger partial charge on any atom is 0.221 e. The molecule has 0 aliphatic carbocycles. The van der Waals surface area contributed by atoms with E-state index >= 15 is 0 Å². The van der Waals surface area contributed by atoms with Crippen LogP contribution in [-0.4, -0.2) is 6.41 Å². The smallest absolute Gasteiger partial charge is 0.221 e. The highest BCUT2D eigenvalue weighted by Crippen LogP contribution is 2.00. The molecular formula is C9H14N2O. The quantitative estimate of drug-likeness (QED) is 0.282. The SMILES string of the molecule is Cc1cccc(C)c1.NNC=O. The van der Waals surface area contributed by atoms with Crippen LogP contribution in [0.1, 0.15) is 11.1 Å². The molecule has 0 atom stereocenters. The zero-order valence-corrected chi connectivity index (χ0v) is 7.37. The van der Waals surface area contributed by atoms with Gasteiger partial charge in [-0.1, -0.05) is 35.4 Å². The third-order valence-electron chi connectivity index (χ3n) is 1.24. The van der Waals surface area contributed by atoms with E-state index < -0.39 is 0 Å². The highest BCUT2D eigenvalue weighted by molar-refractivity contribution is 5.44. The normalized spacial score (nSPS) is 7.92. The van der Waals surface area contributed by atoms with Gasteiger partial charge in [-0.2, -0.15) is 0 Å². The summed E-state index contributed by atoms with van der Waals surface area (Å²) < 4.78 is 0. The first-order valence-corrected chi connectivity index (χ1v) is 3.63. The Bertz CT molecular complexity index is 218. The number of nitrogens with one attached hydrogen (secondary N) is 1. The van der Waals surface area contributed by atoms with Crippen molar-refractivity contribution < 1.29 is 4.79 Å². The minimum absolute atomic E-state index is 0.403. The topological polar surface area (TPSA) is 55.1 Å². The van der Waals surface area contributed by atoms with E-state index in [1.807, 2.05) is 0 Å². The molecular weight excluding hydrogens is 152 g/mol. The molecule has 3 heteroatoms. The molecule has 3 nitrogen and oxygen atoms in total. The fourth-order valence-corrected chi connectivity index (χ4v) is 0.807. The molecule has 0 bridgehead atoms. The summed E-state index contributed by atoms with van der Waals surface area (Å²) in [5.74, 6) is 4.41. The second-order valence-electron chi connectivity index (χ2n) is 2.44. The predicted octanol–water partition coefficient (Wildman–Crippen LogP) is 0.910. The monoisotopic (exact) mass is 166 g/mol. The summed E-state index contributed by atoms with van der Waals surface area (Å²) in [5, 5.41) is 0. The zero-order valence-electron chi connectivity index (χ0n) is 7.37. The summed E-state index contributed by atoms with van der Waals surface area (Å²) in [6.07, 6.45) is 0.403. The highest BCUT2D eigenvalue weighted by Gasteiger charge is 1.80. The van der Waals surface area contributed by atoms with Gasteiger partial charge in [-0.15, -0.1) is 0 Å². The van der Waals surface area contributed by atoms with Gasteiger partial charge in [0.05, 0.1) is 0 Å². The van der Waals surface area contributed by atoms with Crippen LogP contribution in [0.3, 0.4) is 0 Å². The number of rotatable bonds is 1. The van der Waals surface area contributed by atoms with Gasteiger partial charge in [-0.05, 0) is 13.8 Å². The maximum atomic E-state index is 8.94. The average molecular weight is 166 g/mol. The molecule has 1 rings (SSSR count). The van der Waals surface area contributed by atoms with Gasteiger partial charge in [0.15, 0.2) is 0 Å². The zero-order chi connectivity index (χ0) is 9.40. The molecule has 1 amide bonds. The van der Waals surface area contributed by atoms with Gasteiger partial charge in [0.2, 0.25) is 6.41 Å². The molecule has 0 saturated heterocycles. The van der Waals surface area contributed by atoms with Crippen molar-refractivity contribution in [3.63, 3.8) is 0 Å². The van der Waals surface area contributed by atoms with Crippen LogP contribution in [-0.2, 0) is 4.79 Å². The van der Waals surface area contributed by atoms with Gasteiger partial charge in [0.25, 0.3) is 0 Å². The first-order valence-electron chi connectivity index (χ1n) is 3.63. The standard InChI is InChI=1S/C8H10.CH4N2O/c1-7-4-3-5-8(2)6-7;2-3-1-4/h3-6H,1-2H3;1H,2H2,(H,3,4). The Labute approximate surface area is 72.6 Å². The van der Waals surface area contributed by atoms with E-state index in [9.17, 15) is 0 Å². The number of nitrogens with two attached hydrogens (primary N) is 1. The van der Waals surface area contributed by atoms with Crippen LogP contribution < -0.4 is 11.3 Å². The first-order chi connectivity index (χ1) is 5.70. The number of hydrogen-bond acceptors (Lipinski definition) is 2. The maximum absolute atomic E-state index is 8.94. The number of carbonyl (C=O) groups excluding carboxylic acids is 1. The largest absolute Gasteiger partial charge is 0.297 e. The number of hydrazine groups is 1. The second-order valence-corrected chi connectivity index (χ2v) is 2.44. The number of hydrogen-bond donors (Lipinski definition) is 2. The summed E-state index contributed by atoms with van der Waals surface area (Å²) in [5.41, 5.74) is 4.43. The fourth-order valence-electron chi connectivity index (χ4n) is 0.807. The third-order valence-corrected chi connectivity index (χ3v) is 1.24. The van der Waals surface area contributed by atoms with Gasteiger partial charge >= 0.3 is 0 Å². The molecule has 1 aromatic carbocycles. The Morgan fingerprint density at radius 1 is 1.33 bits per heavy atom. The number of benzene rings is 1. The molecule has 0 fully saturated rings. The molecule has 66 valence electrons. The van der Waals surface area contributed by atoms with Crippen LogP contribution >= 0.6 is 0 Å². The van der Waals surface area contributed by atoms with Crippen LogP contribution in [0.15, 0.2) is 24.3 Å². The number of amides is 1. The van der Waals surface area contributed by atoms with Gasteiger partial charge in [0.1, 0.15) is 0 Å². The molecule has 0 aromatic heterocycles. The van der Waals surface area contributed by atoms with Crippen molar-refractivity contribution in [2.24, 2.45) is 5.84 Å². The Balaban J connectivity index is 0.000000261. The van der Waals surface area contributed by atoms with Crippen molar-refractivity contribution in [2.75, 3.05) is 0 Å². The summed E-state index contributed by atoms with van der Waals surface area (Å²) in [6.45, 7) is 4.21. The minimum Gasteiger partial charge on any atom is -0.297 e. The van der Waals surface area contributed by atoms with Gasteiger partial charge in [-0.25, -0.2) is 5.84 Å². The molecule has 0 spiro atoms. The van der Waals surface area contributed by atoms with Crippen LogP contribution in [0.5, 0.6) is 0 Å². The van der Waals surface area contributed by atoms with Crippen molar-refractivity contribution in [2.45, 2.75) is 13.8 Å². The Kier molecular flexibility index (Phi) is 5.65. The Morgan fingerprint density at radius 2 is 1.75 bits per heavy atom. The van der Waals surface area contributed by atoms with Crippen molar-refractivity contribution in [1.82, 2.24) is 5.43 Å². The van der Waals surface area contributed by atoms with E-state index in [-0.39, 0.29) is 0 Å². The van der Waals surface area contributed by atoms with E-state index in [1.54, 1.807) is 5.43 Å². The molecule has 0 saturated carbocycles. The van der Waals surface area contributed by atoms with Gasteiger partial charge in [-0.3, -0.25) is 10.2 Å². The lowest BCUT2D eigenvalue weighted by Crippen LogP contribution is -2.18. The van der Waals surface area contributed by atoms with Crippen molar-refractivity contribution >= 4 is 6.41 Å². The molecule has 0 unspecified atom stereocenters. The molecule has 0 aliphatic rings. The average Bonchev–Trinajstić information content (AvgIpc) is 2.04. The molecule has 0 aliphatic heterocycles. The molecule has 0 heterocycles. The first kappa shape index (κ1) is 10.7. The van der Waals surface area contributed by atoms with Crippen molar-refractivity contribution in [1.29, 1.82) is 0 Å². The molecule has 12 heavy (non-hydrogen) atoms. The highest BCUT2D eigenvalue weighted by atomic mass is 16.1. The lowest BCUT2D eigenvalue weighted by molar-refractivity contribution is -0.109. The van der Waals surface area contributed by atoms with Crippen molar-refractivity contribution in [3.05, 3.63) is 35.4 Å². The lowest BCUT2D eigenvalue weighted by Gasteiger charge is -1.90. The van der Waals surface area contributed by atoms with E-state index in [4.69, 9.17) is 4.79 Å². The lowest BCUT2D eigenvalue weighted by atomic mass is 10.2. The van der Waals surface area contributed by atoms with Crippen LogP contribution in [0.2, 0.25) is 0 Å². The summed E-state index contributed by atoms with van der Waals surface area (Å²) >= 11 is 0. The van der Waals surface area contributed by atoms with Crippen molar-refractivity contribution in [3.8, 4) is 0 Å². The summed E-state index contributed by atoms with van der Waals surface area (Å²) in [6, 6.07) is 8.45. The van der Waals surface area contributed by atoms with Crippen LogP contribution in [0, 0.1) is 13.8 Å². The van der Waals surface area contributed by atoms with Gasteiger partial charge in [0, 0.05) is 0 Å². The number of aryl methyl sites for hydroxylation is 2. The minimum atomic E-state index is 0.403. The predicted molar refractivity (Wildman–Crippen MR) is 49.3 cm³/mol.